The van der Waals surface area contributed by atoms with Crippen LogP contribution in [-0.2, 0) is 13.6 Å². The van der Waals surface area contributed by atoms with Crippen molar-refractivity contribution in [3.63, 3.8) is 0 Å². The third-order valence-electron chi connectivity index (χ3n) is 4.24. The first-order valence-corrected chi connectivity index (χ1v) is 8.96. The minimum absolute atomic E-state index is 0.181. The monoisotopic (exact) mass is 367 g/mol. The molecule has 0 bridgehead atoms. The summed E-state index contributed by atoms with van der Waals surface area (Å²) in [5, 5.41) is 22.0. The van der Waals surface area contributed by atoms with Gasteiger partial charge < -0.3 is 5.32 Å². The van der Waals surface area contributed by atoms with E-state index in [0.29, 0.717) is 22.7 Å². The van der Waals surface area contributed by atoms with E-state index in [1.165, 1.54) is 0 Å². The molecule has 0 fully saturated rings. The van der Waals surface area contributed by atoms with Crippen LogP contribution >= 0.6 is 11.3 Å². The van der Waals surface area contributed by atoms with Crippen molar-refractivity contribution in [1.82, 2.24) is 34.9 Å². The molecule has 0 unspecified atom stereocenters. The molecular formula is C17H17N7OS. The van der Waals surface area contributed by atoms with E-state index in [9.17, 15) is 4.79 Å². The highest BCUT2D eigenvalue weighted by Crippen LogP contribution is 2.22. The van der Waals surface area contributed by atoms with Gasteiger partial charge in [0.2, 0.25) is 0 Å². The minimum atomic E-state index is -0.181. The summed E-state index contributed by atoms with van der Waals surface area (Å²) in [5.74, 6) is 0.394. The van der Waals surface area contributed by atoms with Crippen molar-refractivity contribution in [1.29, 1.82) is 0 Å². The van der Waals surface area contributed by atoms with Crippen molar-refractivity contribution >= 4 is 22.9 Å². The standard InChI is InChI=1S/C17H17N7OS/c1-10-16(11(2)23(3)21-10)17(25)18-9-15-20-19-14-7-6-12(22-24(14)15)13-5-4-8-26-13/h4-8H,9H2,1-3H3,(H,18,25). The molecule has 1 N–H and O–H groups in total. The Balaban J connectivity index is 1.59. The van der Waals surface area contributed by atoms with Crippen LogP contribution in [0.2, 0.25) is 0 Å². The Morgan fingerprint density at radius 2 is 2.04 bits per heavy atom. The summed E-state index contributed by atoms with van der Waals surface area (Å²) in [7, 11) is 1.82. The van der Waals surface area contributed by atoms with Crippen molar-refractivity contribution in [2.24, 2.45) is 7.05 Å². The third-order valence-corrected chi connectivity index (χ3v) is 5.14. The van der Waals surface area contributed by atoms with E-state index >= 15 is 0 Å². The maximum Gasteiger partial charge on any atom is 0.255 e. The molecule has 4 aromatic heterocycles. The first-order valence-electron chi connectivity index (χ1n) is 8.08. The second-order valence-electron chi connectivity index (χ2n) is 5.93. The highest BCUT2D eigenvalue weighted by Gasteiger charge is 2.18. The third kappa shape index (κ3) is 2.76. The van der Waals surface area contributed by atoms with Crippen LogP contribution in [0.5, 0.6) is 0 Å². The zero-order chi connectivity index (χ0) is 18.3. The Labute approximate surface area is 153 Å². The molecule has 26 heavy (non-hydrogen) atoms. The Morgan fingerprint density at radius 1 is 1.19 bits per heavy atom. The summed E-state index contributed by atoms with van der Waals surface area (Å²) in [6, 6.07) is 7.78. The van der Waals surface area contributed by atoms with Crippen molar-refractivity contribution in [3.8, 4) is 10.6 Å². The quantitative estimate of drug-likeness (QED) is 0.597. The number of aromatic nitrogens is 6. The molecule has 4 heterocycles. The van der Waals surface area contributed by atoms with E-state index < -0.39 is 0 Å². The summed E-state index contributed by atoms with van der Waals surface area (Å²) in [6.45, 7) is 3.92. The van der Waals surface area contributed by atoms with Gasteiger partial charge in [-0.15, -0.1) is 21.5 Å². The number of hydrogen-bond acceptors (Lipinski definition) is 6. The summed E-state index contributed by atoms with van der Waals surface area (Å²) < 4.78 is 3.36. The lowest BCUT2D eigenvalue weighted by molar-refractivity contribution is 0.0948. The molecule has 4 aromatic rings. The number of nitrogens with one attached hydrogen (secondary N) is 1. The van der Waals surface area contributed by atoms with Gasteiger partial charge in [-0.25, -0.2) is 0 Å². The van der Waals surface area contributed by atoms with Gasteiger partial charge in [-0.1, -0.05) is 6.07 Å². The molecule has 0 saturated carbocycles. The van der Waals surface area contributed by atoms with Crippen LogP contribution in [0.15, 0.2) is 29.6 Å². The molecule has 0 radical (unpaired) electrons. The molecule has 0 atom stereocenters. The van der Waals surface area contributed by atoms with Gasteiger partial charge in [0.1, 0.15) is 5.69 Å². The van der Waals surface area contributed by atoms with Crippen molar-refractivity contribution < 1.29 is 4.79 Å². The fourth-order valence-corrected chi connectivity index (χ4v) is 3.54. The van der Waals surface area contributed by atoms with Crippen LogP contribution in [0.1, 0.15) is 27.6 Å². The van der Waals surface area contributed by atoms with Crippen LogP contribution in [0.4, 0.5) is 0 Å². The first kappa shape index (κ1) is 16.4. The van der Waals surface area contributed by atoms with Gasteiger partial charge in [-0.2, -0.15) is 14.7 Å². The number of thiophene rings is 1. The number of carbonyl (C=O) groups excluding carboxylic acids is 1. The predicted octanol–water partition coefficient (Wildman–Crippen LogP) is 2.13. The summed E-state index contributed by atoms with van der Waals surface area (Å²) in [6.07, 6.45) is 0. The average Bonchev–Trinajstić information content (AvgIpc) is 3.33. The number of amides is 1. The van der Waals surface area contributed by atoms with Crippen molar-refractivity contribution in [3.05, 3.63) is 52.4 Å². The van der Waals surface area contributed by atoms with Crippen molar-refractivity contribution in [2.75, 3.05) is 0 Å². The number of hydrogen-bond donors (Lipinski definition) is 1. The normalized spacial score (nSPS) is 11.2. The van der Waals surface area contributed by atoms with E-state index in [2.05, 4.69) is 25.7 Å². The smallest absolute Gasteiger partial charge is 0.255 e. The summed E-state index contributed by atoms with van der Waals surface area (Å²) in [5.41, 5.74) is 3.60. The Morgan fingerprint density at radius 3 is 2.73 bits per heavy atom. The molecule has 9 heteroatoms. The molecule has 0 aliphatic heterocycles. The maximum absolute atomic E-state index is 12.5. The van der Waals surface area contributed by atoms with Gasteiger partial charge in [-0.05, 0) is 37.4 Å². The zero-order valence-corrected chi connectivity index (χ0v) is 15.4. The Hall–Kier alpha value is -3.07. The van der Waals surface area contributed by atoms with Gasteiger partial charge in [0.15, 0.2) is 11.5 Å². The van der Waals surface area contributed by atoms with E-state index in [1.807, 2.05) is 50.5 Å². The van der Waals surface area contributed by atoms with Gasteiger partial charge in [-0.3, -0.25) is 9.48 Å². The van der Waals surface area contributed by atoms with Gasteiger partial charge >= 0.3 is 0 Å². The maximum atomic E-state index is 12.5. The first-order chi connectivity index (χ1) is 12.5. The topological polar surface area (TPSA) is 90.0 Å². The van der Waals surface area contributed by atoms with Crippen LogP contribution in [0.25, 0.3) is 16.2 Å². The average molecular weight is 367 g/mol. The summed E-state index contributed by atoms with van der Waals surface area (Å²) in [4.78, 5) is 13.6. The van der Waals surface area contributed by atoms with Crippen LogP contribution < -0.4 is 5.32 Å². The second-order valence-corrected chi connectivity index (χ2v) is 6.88. The highest BCUT2D eigenvalue weighted by atomic mass is 32.1. The Kier molecular flexibility index (Phi) is 4.00. The highest BCUT2D eigenvalue weighted by molar-refractivity contribution is 7.13. The molecule has 1 amide bonds. The lowest BCUT2D eigenvalue weighted by Gasteiger charge is -2.05. The van der Waals surface area contributed by atoms with Gasteiger partial charge in [0, 0.05) is 12.7 Å². The molecule has 0 spiro atoms. The molecule has 0 aromatic carbocycles. The largest absolute Gasteiger partial charge is 0.345 e. The van der Waals surface area contributed by atoms with E-state index in [-0.39, 0.29) is 12.5 Å². The number of rotatable bonds is 4. The van der Waals surface area contributed by atoms with Crippen LogP contribution in [-0.4, -0.2) is 35.5 Å². The van der Waals surface area contributed by atoms with Crippen molar-refractivity contribution in [2.45, 2.75) is 20.4 Å². The number of aryl methyl sites for hydroxylation is 2. The van der Waals surface area contributed by atoms with Gasteiger partial charge in [0.25, 0.3) is 5.91 Å². The van der Waals surface area contributed by atoms with E-state index in [1.54, 1.807) is 20.5 Å². The lowest BCUT2D eigenvalue weighted by Crippen LogP contribution is -2.25. The number of fused-ring (bicyclic) bond motifs is 1. The zero-order valence-electron chi connectivity index (χ0n) is 14.6. The molecule has 4 rings (SSSR count). The minimum Gasteiger partial charge on any atom is -0.345 e. The Bertz CT molecular complexity index is 1090. The lowest BCUT2D eigenvalue weighted by atomic mass is 10.2. The molecule has 132 valence electrons. The fourth-order valence-electron chi connectivity index (χ4n) is 2.85. The van der Waals surface area contributed by atoms with Crippen LogP contribution in [0.3, 0.4) is 0 Å². The van der Waals surface area contributed by atoms with Crippen LogP contribution in [0, 0.1) is 13.8 Å². The molecular weight excluding hydrogens is 350 g/mol. The SMILES string of the molecule is Cc1nn(C)c(C)c1C(=O)NCc1nnc2ccc(-c3cccs3)nn12. The van der Waals surface area contributed by atoms with E-state index in [0.717, 1.165) is 16.3 Å². The summed E-state index contributed by atoms with van der Waals surface area (Å²) >= 11 is 1.62. The van der Waals surface area contributed by atoms with Gasteiger partial charge in [0.05, 0.1) is 22.7 Å². The van der Waals surface area contributed by atoms with E-state index in [4.69, 9.17) is 0 Å². The molecule has 0 aliphatic rings. The molecule has 8 nitrogen and oxygen atoms in total. The molecule has 0 aliphatic carbocycles. The number of nitrogens with zero attached hydrogens (tertiary/aromatic N) is 6. The number of carbonyl (C=O) groups is 1. The molecule has 0 saturated heterocycles. The second kappa shape index (κ2) is 6.34. The predicted molar refractivity (Wildman–Crippen MR) is 97.9 cm³/mol. The fraction of sp³-hybridized carbons (Fsp3) is 0.235.